The molecule has 0 fully saturated rings. The summed E-state index contributed by atoms with van der Waals surface area (Å²) in [5.41, 5.74) is 3.98. The standard InChI is InChI=1S/C23H23N3O2/c1-17-11-13-18(14-12-17)15-25-23(28)20-9-5-6-10-21(20)26-22(27)16-24-19-7-3-2-4-8-19/h2-14,24H,15-16H2,1H3,(H,25,28)(H,26,27). The average Bonchev–Trinajstić information content (AvgIpc) is 2.73. The topological polar surface area (TPSA) is 70.2 Å². The third-order valence-electron chi connectivity index (χ3n) is 4.25. The summed E-state index contributed by atoms with van der Waals surface area (Å²) < 4.78 is 0. The molecular weight excluding hydrogens is 350 g/mol. The summed E-state index contributed by atoms with van der Waals surface area (Å²) in [5, 5.41) is 8.76. The molecular formula is C23H23N3O2. The normalized spacial score (nSPS) is 10.2. The fraction of sp³-hybridized carbons (Fsp3) is 0.130. The summed E-state index contributed by atoms with van der Waals surface area (Å²) >= 11 is 0. The highest BCUT2D eigenvalue weighted by Gasteiger charge is 2.13. The first-order chi connectivity index (χ1) is 13.6. The monoisotopic (exact) mass is 373 g/mol. The van der Waals surface area contributed by atoms with Crippen LogP contribution in [0.5, 0.6) is 0 Å². The van der Waals surface area contributed by atoms with Crippen LogP contribution in [0.3, 0.4) is 0 Å². The second kappa shape index (κ2) is 9.37. The van der Waals surface area contributed by atoms with E-state index in [-0.39, 0.29) is 18.4 Å². The summed E-state index contributed by atoms with van der Waals surface area (Å²) in [7, 11) is 0. The number of nitrogens with one attached hydrogen (secondary N) is 3. The van der Waals surface area contributed by atoms with Crippen molar-refractivity contribution < 1.29 is 9.59 Å². The predicted octanol–water partition coefficient (Wildman–Crippen LogP) is 3.98. The molecule has 142 valence electrons. The van der Waals surface area contributed by atoms with Crippen molar-refractivity contribution in [2.75, 3.05) is 17.2 Å². The van der Waals surface area contributed by atoms with E-state index >= 15 is 0 Å². The Bertz CT molecular complexity index is 938. The van der Waals surface area contributed by atoms with E-state index in [0.717, 1.165) is 11.3 Å². The van der Waals surface area contributed by atoms with Gasteiger partial charge in [-0.3, -0.25) is 9.59 Å². The quantitative estimate of drug-likeness (QED) is 0.587. The Morgan fingerprint density at radius 1 is 0.821 bits per heavy atom. The molecule has 0 atom stereocenters. The van der Waals surface area contributed by atoms with Gasteiger partial charge < -0.3 is 16.0 Å². The molecule has 0 spiro atoms. The van der Waals surface area contributed by atoms with Crippen LogP contribution in [0.15, 0.2) is 78.9 Å². The van der Waals surface area contributed by atoms with Gasteiger partial charge in [0, 0.05) is 12.2 Å². The highest BCUT2D eigenvalue weighted by Crippen LogP contribution is 2.15. The maximum Gasteiger partial charge on any atom is 0.253 e. The van der Waals surface area contributed by atoms with Crippen molar-refractivity contribution in [2.24, 2.45) is 0 Å². The van der Waals surface area contributed by atoms with Crippen LogP contribution in [-0.2, 0) is 11.3 Å². The van der Waals surface area contributed by atoms with E-state index < -0.39 is 0 Å². The number of carbonyl (C=O) groups is 2. The Balaban J connectivity index is 1.59. The largest absolute Gasteiger partial charge is 0.376 e. The van der Waals surface area contributed by atoms with E-state index in [1.165, 1.54) is 5.56 Å². The van der Waals surface area contributed by atoms with Crippen LogP contribution in [0.2, 0.25) is 0 Å². The number of carbonyl (C=O) groups excluding carboxylic acids is 2. The Morgan fingerprint density at radius 2 is 1.50 bits per heavy atom. The van der Waals surface area contributed by atoms with Gasteiger partial charge in [0.15, 0.2) is 0 Å². The van der Waals surface area contributed by atoms with E-state index in [4.69, 9.17) is 0 Å². The van der Waals surface area contributed by atoms with Crippen molar-refractivity contribution in [1.29, 1.82) is 0 Å². The summed E-state index contributed by atoms with van der Waals surface area (Å²) in [5.74, 6) is -0.449. The predicted molar refractivity (Wildman–Crippen MR) is 112 cm³/mol. The minimum absolute atomic E-state index is 0.114. The van der Waals surface area contributed by atoms with Gasteiger partial charge in [-0.25, -0.2) is 0 Å². The Labute approximate surface area is 164 Å². The van der Waals surface area contributed by atoms with Crippen molar-refractivity contribution in [2.45, 2.75) is 13.5 Å². The Morgan fingerprint density at radius 3 is 2.25 bits per heavy atom. The summed E-state index contributed by atoms with van der Waals surface area (Å²) in [6, 6.07) is 24.5. The summed E-state index contributed by atoms with van der Waals surface area (Å²) in [4.78, 5) is 24.9. The lowest BCUT2D eigenvalue weighted by Gasteiger charge is -2.12. The fourth-order valence-corrected chi connectivity index (χ4v) is 2.71. The SMILES string of the molecule is Cc1ccc(CNC(=O)c2ccccc2NC(=O)CNc2ccccc2)cc1. The van der Waals surface area contributed by atoms with Crippen LogP contribution >= 0.6 is 0 Å². The second-order valence-corrected chi connectivity index (χ2v) is 6.48. The highest BCUT2D eigenvalue weighted by molar-refractivity contribution is 6.04. The van der Waals surface area contributed by atoms with Gasteiger partial charge in [0.25, 0.3) is 5.91 Å². The molecule has 28 heavy (non-hydrogen) atoms. The smallest absolute Gasteiger partial charge is 0.253 e. The van der Waals surface area contributed by atoms with Crippen molar-refractivity contribution in [1.82, 2.24) is 5.32 Å². The minimum atomic E-state index is -0.229. The molecule has 3 rings (SSSR count). The van der Waals surface area contributed by atoms with E-state index in [9.17, 15) is 9.59 Å². The van der Waals surface area contributed by atoms with Gasteiger partial charge in [-0.15, -0.1) is 0 Å². The lowest BCUT2D eigenvalue weighted by atomic mass is 10.1. The van der Waals surface area contributed by atoms with Gasteiger partial charge in [-0.05, 0) is 36.8 Å². The van der Waals surface area contributed by atoms with Crippen molar-refractivity contribution >= 4 is 23.2 Å². The number of amides is 2. The van der Waals surface area contributed by atoms with E-state index in [2.05, 4.69) is 16.0 Å². The maximum atomic E-state index is 12.6. The molecule has 0 aromatic heterocycles. The summed E-state index contributed by atoms with van der Waals surface area (Å²) in [6.45, 7) is 2.56. The third kappa shape index (κ3) is 5.45. The Hall–Kier alpha value is -3.60. The molecule has 0 heterocycles. The second-order valence-electron chi connectivity index (χ2n) is 6.48. The molecule has 3 aromatic carbocycles. The van der Waals surface area contributed by atoms with Gasteiger partial charge in [0.2, 0.25) is 5.91 Å². The van der Waals surface area contributed by atoms with Gasteiger partial charge in [-0.1, -0.05) is 60.2 Å². The molecule has 0 unspecified atom stereocenters. The molecule has 0 radical (unpaired) electrons. The zero-order chi connectivity index (χ0) is 19.8. The first kappa shape index (κ1) is 19.2. The van der Waals surface area contributed by atoms with Gasteiger partial charge >= 0.3 is 0 Å². The molecule has 0 aliphatic rings. The lowest BCUT2D eigenvalue weighted by Crippen LogP contribution is -2.26. The first-order valence-electron chi connectivity index (χ1n) is 9.13. The third-order valence-corrected chi connectivity index (χ3v) is 4.25. The molecule has 5 nitrogen and oxygen atoms in total. The van der Waals surface area contributed by atoms with Crippen LogP contribution in [-0.4, -0.2) is 18.4 Å². The van der Waals surface area contributed by atoms with Gasteiger partial charge in [0.05, 0.1) is 17.8 Å². The van der Waals surface area contributed by atoms with Crippen LogP contribution in [0.4, 0.5) is 11.4 Å². The molecule has 0 saturated heterocycles. The number of rotatable bonds is 7. The van der Waals surface area contributed by atoms with E-state index in [1.807, 2.05) is 61.5 Å². The number of benzene rings is 3. The van der Waals surface area contributed by atoms with E-state index in [0.29, 0.717) is 17.8 Å². The average molecular weight is 373 g/mol. The fourth-order valence-electron chi connectivity index (χ4n) is 2.71. The molecule has 3 aromatic rings. The van der Waals surface area contributed by atoms with Crippen LogP contribution < -0.4 is 16.0 Å². The minimum Gasteiger partial charge on any atom is -0.376 e. The molecule has 0 bridgehead atoms. The number of aryl methyl sites for hydroxylation is 1. The van der Waals surface area contributed by atoms with Gasteiger partial charge in [0.1, 0.15) is 0 Å². The zero-order valence-electron chi connectivity index (χ0n) is 15.7. The van der Waals surface area contributed by atoms with E-state index in [1.54, 1.807) is 24.3 Å². The summed E-state index contributed by atoms with van der Waals surface area (Å²) in [6.07, 6.45) is 0. The molecule has 0 aliphatic heterocycles. The number of para-hydroxylation sites is 2. The van der Waals surface area contributed by atoms with Crippen LogP contribution in [0.25, 0.3) is 0 Å². The lowest BCUT2D eigenvalue weighted by molar-refractivity contribution is -0.114. The van der Waals surface area contributed by atoms with Crippen molar-refractivity contribution in [3.63, 3.8) is 0 Å². The maximum absolute atomic E-state index is 12.6. The van der Waals surface area contributed by atoms with Gasteiger partial charge in [-0.2, -0.15) is 0 Å². The molecule has 3 N–H and O–H groups in total. The molecule has 0 saturated carbocycles. The van der Waals surface area contributed by atoms with Crippen molar-refractivity contribution in [3.8, 4) is 0 Å². The Kier molecular flexibility index (Phi) is 6.41. The molecule has 5 heteroatoms. The number of anilines is 2. The number of hydrogen-bond donors (Lipinski definition) is 3. The number of hydrogen-bond acceptors (Lipinski definition) is 3. The van der Waals surface area contributed by atoms with Crippen LogP contribution in [0, 0.1) is 6.92 Å². The van der Waals surface area contributed by atoms with Crippen LogP contribution in [0.1, 0.15) is 21.5 Å². The highest BCUT2D eigenvalue weighted by atomic mass is 16.2. The molecule has 0 aliphatic carbocycles. The zero-order valence-corrected chi connectivity index (χ0v) is 15.7. The van der Waals surface area contributed by atoms with Crippen molar-refractivity contribution in [3.05, 3.63) is 95.6 Å². The molecule has 2 amide bonds. The first-order valence-corrected chi connectivity index (χ1v) is 9.13.